The number of nitrogens with zero attached hydrogens (tertiary/aromatic N) is 3. The van der Waals surface area contributed by atoms with Crippen LogP contribution in [0.25, 0.3) is 0 Å². The molecule has 0 saturated carbocycles. The van der Waals surface area contributed by atoms with Crippen molar-refractivity contribution in [2.75, 3.05) is 12.8 Å². The van der Waals surface area contributed by atoms with Crippen molar-refractivity contribution in [2.24, 2.45) is 0 Å². The Hall–Kier alpha value is -2.37. The van der Waals surface area contributed by atoms with E-state index in [9.17, 15) is 4.79 Å². The predicted molar refractivity (Wildman–Crippen MR) is 62.8 cm³/mol. The highest BCUT2D eigenvalue weighted by Crippen LogP contribution is 2.13. The number of methoxy groups -OCH3 is 1. The maximum atomic E-state index is 11.6. The van der Waals surface area contributed by atoms with Crippen LogP contribution in [-0.4, -0.2) is 21.9 Å². The van der Waals surface area contributed by atoms with Gasteiger partial charge in [0.05, 0.1) is 25.5 Å². The highest BCUT2D eigenvalue weighted by molar-refractivity contribution is 5.32. The summed E-state index contributed by atoms with van der Waals surface area (Å²) in [5, 5.41) is 3.94. The Morgan fingerprint density at radius 1 is 1.53 bits per heavy atom. The lowest BCUT2D eigenvalue weighted by molar-refractivity contribution is 0.389. The van der Waals surface area contributed by atoms with Gasteiger partial charge in [-0.25, -0.2) is 9.67 Å². The van der Waals surface area contributed by atoms with Crippen LogP contribution in [0.4, 0.5) is 5.69 Å². The van der Waals surface area contributed by atoms with E-state index in [0.29, 0.717) is 18.1 Å². The molecule has 2 aromatic heterocycles. The molecule has 0 saturated heterocycles. The van der Waals surface area contributed by atoms with Crippen molar-refractivity contribution < 1.29 is 4.74 Å². The van der Waals surface area contributed by atoms with E-state index < -0.39 is 0 Å². The first-order valence-electron chi connectivity index (χ1n) is 5.01. The van der Waals surface area contributed by atoms with Gasteiger partial charge in [-0.05, 0) is 6.07 Å². The van der Waals surface area contributed by atoms with Crippen LogP contribution < -0.4 is 16.0 Å². The van der Waals surface area contributed by atoms with Crippen molar-refractivity contribution in [1.29, 1.82) is 0 Å². The van der Waals surface area contributed by atoms with Crippen LogP contribution in [0.3, 0.4) is 0 Å². The normalized spacial score (nSPS) is 10.2. The van der Waals surface area contributed by atoms with Gasteiger partial charge in [-0.1, -0.05) is 6.07 Å². The Morgan fingerprint density at radius 2 is 2.35 bits per heavy atom. The lowest BCUT2D eigenvalue weighted by Crippen LogP contribution is -2.23. The first-order chi connectivity index (χ1) is 8.20. The van der Waals surface area contributed by atoms with Crippen LogP contribution in [0.1, 0.15) is 5.56 Å². The van der Waals surface area contributed by atoms with Crippen molar-refractivity contribution in [3.63, 3.8) is 0 Å². The molecule has 2 N–H and O–H groups in total. The zero-order chi connectivity index (χ0) is 12.3. The summed E-state index contributed by atoms with van der Waals surface area (Å²) in [7, 11) is 1.53. The van der Waals surface area contributed by atoms with Crippen LogP contribution >= 0.6 is 0 Å². The molecular weight excluding hydrogens is 220 g/mol. The SMILES string of the molecule is COc1ncccc1Cn1ncc(N)cc1=O. The third-order valence-corrected chi connectivity index (χ3v) is 2.25. The van der Waals surface area contributed by atoms with Gasteiger partial charge < -0.3 is 10.5 Å². The summed E-state index contributed by atoms with van der Waals surface area (Å²) >= 11 is 0. The van der Waals surface area contributed by atoms with E-state index in [-0.39, 0.29) is 5.56 Å². The van der Waals surface area contributed by atoms with Crippen molar-refractivity contribution >= 4 is 5.69 Å². The zero-order valence-corrected chi connectivity index (χ0v) is 9.33. The fourth-order valence-corrected chi connectivity index (χ4v) is 1.46. The van der Waals surface area contributed by atoms with E-state index >= 15 is 0 Å². The summed E-state index contributed by atoms with van der Waals surface area (Å²) in [6.07, 6.45) is 3.06. The van der Waals surface area contributed by atoms with Crippen LogP contribution in [0, 0.1) is 0 Å². The fourth-order valence-electron chi connectivity index (χ4n) is 1.46. The van der Waals surface area contributed by atoms with Crippen LogP contribution in [0.15, 0.2) is 35.4 Å². The molecule has 2 heterocycles. The third kappa shape index (κ3) is 2.41. The van der Waals surface area contributed by atoms with Crippen molar-refractivity contribution in [3.05, 3.63) is 46.5 Å². The Kier molecular flexibility index (Phi) is 3.04. The molecule has 17 heavy (non-hydrogen) atoms. The van der Waals surface area contributed by atoms with Crippen LogP contribution in [0.2, 0.25) is 0 Å². The molecule has 2 rings (SSSR count). The van der Waals surface area contributed by atoms with E-state index in [4.69, 9.17) is 10.5 Å². The zero-order valence-electron chi connectivity index (χ0n) is 9.33. The molecule has 88 valence electrons. The highest BCUT2D eigenvalue weighted by Gasteiger charge is 2.06. The number of pyridine rings is 1. The van der Waals surface area contributed by atoms with E-state index in [2.05, 4.69) is 10.1 Å². The minimum atomic E-state index is -0.254. The van der Waals surface area contributed by atoms with E-state index in [1.165, 1.54) is 24.1 Å². The molecule has 6 nitrogen and oxygen atoms in total. The van der Waals surface area contributed by atoms with Gasteiger partial charge in [0.25, 0.3) is 5.56 Å². The standard InChI is InChI=1S/C11H12N4O2/c1-17-11-8(3-2-4-13-11)7-15-10(16)5-9(12)6-14-15/h2-6H,7,12H2,1H3. The number of aromatic nitrogens is 3. The predicted octanol–water partition coefficient (Wildman–Crippen LogP) is 0.277. The quantitative estimate of drug-likeness (QED) is 0.821. The van der Waals surface area contributed by atoms with Crippen molar-refractivity contribution in [3.8, 4) is 5.88 Å². The van der Waals surface area contributed by atoms with Crippen LogP contribution in [-0.2, 0) is 6.54 Å². The lowest BCUT2D eigenvalue weighted by atomic mass is 10.2. The summed E-state index contributed by atoms with van der Waals surface area (Å²) in [5.74, 6) is 0.484. The molecule has 0 atom stereocenters. The Balaban J connectivity index is 2.35. The molecule has 0 fully saturated rings. The number of nitrogen functional groups attached to an aromatic ring is 1. The summed E-state index contributed by atoms with van der Waals surface area (Å²) in [5.41, 5.74) is 6.35. The molecule has 0 aromatic carbocycles. The van der Waals surface area contributed by atoms with Gasteiger partial charge in [0.1, 0.15) is 0 Å². The maximum absolute atomic E-state index is 11.6. The average Bonchev–Trinajstić information content (AvgIpc) is 2.33. The van der Waals surface area contributed by atoms with Crippen LogP contribution in [0.5, 0.6) is 5.88 Å². The summed E-state index contributed by atoms with van der Waals surface area (Å²) in [6, 6.07) is 4.94. The highest BCUT2D eigenvalue weighted by atomic mass is 16.5. The first-order valence-corrected chi connectivity index (χ1v) is 5.01. The van der Waals surface area contributed by atoms with E-state index in [1.54, 1.807) is 12.3 Å². The summed E-state index contributed by atoms with van der Waals surface area (Å²) < 4.78 is 6.40. The molecule has 0 radical (unpaired) electrons. The van der Waals surface area contributed by atoms with Gasteiger partial charge in [-0.3, -0.25) is 4.79 Å². The molecule has 0 aliphatic heterocycles. The van der Waals surface area contributed by atoms with Gasteiger partial charge in [-0.2, -0.15) is 5.10 Å². The first kappa shape index (κ1) is 11.1. The number of anilines is 1. The molecule has 0 amide bonds. The molecule has 0 bridgehead atoms. The number of ether oxygens (including phenoxy) is 1. The second-order valence-corrected chi connectivity index (χ2v) is 3.46. The Labute approximate surface area is 97.7 Å². The molecule has 0 spiro atoms. The van der Waals surface area contributed by atoms with E-state index in [1.807, 2.05) is 6.07 Å². The Bertz CT molecular complexity index is 580. The number of hydrogen-bond acceptors (Lipinski definition) is 5. The van der Waals surface area contributed by atoms with Gasteiger partial charge in [-0.15, -0.1) is 0 Å². The summed E-state index contributed by atoms with van der Waals surface area (Å²) in [4.78, 5) is 15.7. The molecule has 0 unspecified atom stereocenters. The maximum Gasteiger partial charge on any atom is 0.269 e. The van der Waals surface area contributed by atoms with Gasteiger partial charge in [0.2, 0.25) is 5.88 Å². The van der Waals surface area contributed by atoms with Gasteiger partial charge in [0, 0.05) is 17.8 Å². The fraction of sp³-hybridized carbons (Fsp3) is 0.182. The molecule has 2 aromatic rings. The molecule has 0 aliphatic rings. The second-order valence-electron chi connectivity index (χ2n) is 3.46. The third-order valence-electron chi connectivity index (χ3n) is 2.25. The summed E-state index contributed by atoms with van der Waals surface area (Å²) in [6.45, 7) is 0.302. The van der Waals surface area contributed by atoms with Crippen molar-refractivity contribution in [1.82, 2.24) is 14.8 Å². The number of rotatable bonds is 3. The topological polar surface area (TPSA) is 83.0 Å². The largest absolute Gasteiger partial charge is 0.481 e. The average molecular weight is 232 g/mol. The minimum Gasteiger partial charge on any atom is -0.481 e. The number of nitrogens with two attached hydrogens (primary N) is 1. The molecular formula is C11H12N4O2. The smallest absolute Gasteiger partial charge is 0.269 e. The van der Waals surface area contributed by atoms with Gasteiger partial charge in [0.15, 0.2) is 0 Å². The lowest BCUT2D eigenvalue weighted by Gasteiger charge is -2.07. The molecule has 0 aliphatic carbocycles. The minimum absolute atomic E-state index is 0.254. The Morgan fingerprint density at radius 3 is 3.06 bits per heavy atom. The second kappa shape index (κ2) is 4.65. The number of hydrogen-bond donors (Lipinski definition) is 1. The monoisotopic (exact) mass is 232 g/mol. The van der Waals surface area contributed by atoms with Crippen molar-refractivity contribution in [2.45, 2.75) is 6.54 Å². The van der Waals surface area contributed by atoms with E-state index in [0.717, 1.165) is 5.56 Å². The van der Waals surface area contributed by atoms with Gasteiger partial charge >= 0.3 is 0 Å². The molecule has 6 heteroatoms.